The van der Waals surface area contributed by atoms with Crippen molar-refractivity contribution in [2.45, 2.75) is 31.2 Å². The molecule has 0 heterocycles. The second-order valence-electron chi connectivity index (χ2n) is 4.99. The zero-order valence-corrected chi connectivity index (χ0v) is 10.9. The van der Waals surface area contributed by atoms with E-state index in [1.165, 1.54) is 24.3 Å². The number of nitrogens with two attached hydrogens (primary N) is 1. The van der Waals surface area contributed by atoms with Crippen LogP contribution in [0.5, 0.6) is 0 Å². The number of benzene rings is 1. The third-order valence-electron chi connectivity index (χ3n) is 3.65. The Hall–Kier alpha value is -2.37. The number of primary amides is 1. The number of carbonyl (C=O) groups excluding carboxylic acids is 2. The van der Waals surface area contributed by atoms with Gasteiger partial charge in [0.05, 0.1) is 0 Å². The first-order valence-electron chi connectivity index (χ1n) is 6.40. The third kappa shape index (κ3) is 2.64. The van der Waals surface area contributed by atoms with Crippen LogP contribution in [0.4, 0.5) is 0 Å². The maximum Gasteiger partial charge on any atom is 0.329 e. The summed E-state index contributed by atoms with van der Waals surface area (Å²) in [4.78, 5) is 34.4. The van der Waals surface area contributed by atoms with Gasteiger partial charge in [-0.3, -0.25) is 9.59 Å². The Balaban J connectivity index is 2.15. The SMILES string of the molecule is NC(=O)c1ccc(C(=O)NC2(C(=O)O)CCCC2)cc1. The van der Waals surface area contributed by atoms with Crippen LogP contribution in [0.1, 0.15) is 46.4 Å². The lowest BCUT2D eigenvalue weighted by Gasteiger charge is -2.25. The molecule has 0 spiro atoms. The number of rotatable bonds is 4. The van der Waals surface area contributed by atoms with Crippen LogP contribution >= 0.6 is 0 Å². The molecule has 2 amide bonds. The summed E-state index contributed by atoms with van der Waals surface area (Å²) in [6.07, 6.45) is 2.45. The molecule has 6 heteroatoms. The molecule has 0 radical (unpaired) electrons. The van der Waals surface area contributed by atoms with Crippen molar-refractivity contribution in [1.82, 2.24) is 5.32 Å². The minimum absolute atomic E-state index is 0.301. The van der Waals surface area contributed by atoms with E-state index in [1.807, 2.05) is 0 Å². The molecule has 0 saturated heterocycles. The molecule has 106 valence electrons. The Kier molecular flexibility index (Phi) is 3.74. The molecule has 0 bridgehead atoms. The fraction of sp³-hybridized carbons (Fsp3) is 0.357. The lowest BCUT2D eigenvalue weighted by Crippen LogP contribution is -2.52. The van der Waals surface area contributed by atoms with Gasteiger partial charge >= 0.3 is 5.97 Å². The van der Waals surface area contributed by atoms with Crippen LogP contribution in [0.25, 0.3) is 0 Å². The number of nitrogens with one attached hydrogen (secondary N) is 1. The highest BCUT2D eigenvalue weighted by atomic mass is 16.4. The van der Waals surface area contributed by atoms with E-state index >= 15 is 0 Å². The minimum atomic E-state index is -1.17. The van der Waals surface area contributed by atoms with E-state index < -0.39 is 23.3 Å². The van der Waals surface area contributed by atoms with Crippen LogP contribution in [0.2, 0.25) is 0 Å². The molecule has 20 heavy (non-hydrogen) atoms. The molecule has 1 aliphatic carbocycles. The first kappa shape index (κ1) is 14.0. The number of amides is 2. The standard InChI is InChI=1S/C14H16N2O4/c15-11(17)9-3-5-10(6-4-9)12(18)16-14(13(19)20)7-1-2-8-14/h3-6H,1-2,7-8H2,(H2,15,17)(H,16,18)(H,19,20). The monoisotopic (exact) mass is 276 g/mol. The second-order valence-corrected chi connectivity index (χ2v) is 4.99. The summed E-state index contributed by atoms with van der Waals surface area (Å²) in [5.74, 6) is -2.03. The van der Waals surface area contributed by atoms with Crippen molar-refractivity contribution in [2.75, 3.05) is 0 Å². The Morgan fingerprint density at radius 1 is 1.05 bits per heavy atom. The number of hydrogen-bond acceptors (Lipinski definition) is 3. The van der Waals surface area contributed by atoms with Crippen molar-refractivity contribution in [1.29, 1.82) is 0 Å². The van der Waals surface area contributed by atoms with Gasteiger partial charge in [0.25, 0.3) is 5.91 Å². The van der Waals surface area contributed by atoms with Gasteiger partial charge in [-0.2, -0.15) is 0 Å². The van der Waals surface area contributed by atoms with Gasteiger partial charge in [-0.05, 0) is 37.1 Å². The van der Waals surface area contributed by atoms with Gasteiger partial charge in [-0.25, -0.2) is 4.79 Å². The van der Waals surface area contributed by atoms with Gasteiger partial charge in [-0.1, -0.05) is 12.8 Å². The Bertz CT molecular complexity index is 545. The zero-order chi connectivity index (χ0) is 14.8. The van der Waals surface area contributed by atoms with Crippen LogP contribution in [0.3, 0.4) is 0 Å². The van der Waals surface area contributed by atoms with Crippen molar-refractivity contribution < 1.29 is 19.5 Å². The predicted octanol–water partition coefficient (Wildman–Crippen LogP) is 0.913. The topological polar surface area (TPSA) is 109 Å². The molecular weight excluding hydrogens is 260 g/mol. The fourth-order valence-electron chi connectivity index (χ4n) is 2.45. The maximum absolute atomic E-state index is 12.1. The molecule has 6 nitrogen and oxygen atoms in total. The lowest BCUT2D eigenvalue weighted by molar-refractivity contribution is -0.144. The largest absolute Gasteiger partial charge is 0.480 e. The number of hydrogen-bond donors (Lipinski definition) is 3. The summed E-state index contributed by atoms with van der Waals surface area (Å²) < 4.78 is 0. The van der Waals surface area contributed by atoms with E-state index in [0.717, 1.165) is 12.8 Å². The van der Waals surface area contributed by atoms with E-state index in [1.54, 1.807) is 0 Å². The summed E-state index contributed by atoms with van der Waals surface area (Å²) in [5, 5.41) is 11.9. The first-order valence-corrected chi connectivity index (χ1v) is 6.40. The highest BCUT2D eigenvalue weighted by Crippen LogP contribution is 2.30. The molecule has 1 saturated carbocycles. The summed E-state index contributed by atoms with van der Waals surface area (Å²) in [6.45, 7) is 0. The Labute approximate surface area is 116 Å². The van der Waals surface area contributed by atoms with Gasteiger partial charge in [0.2, 0.25) is 5.91 Å². The van der Waals surface area contributed by atoms with Gasteiger partial charge in [-0.15, -0.1) is 0 Å². The second kappa shape index (κ2) is 5.32. The van der Waals surface area contributed by atoms with Crippen molar-refractivity contribution in [3.8, 4) is 0 Å². The average molecular weight is 276 g/mol. The zero-order valence-electron chi connectivity index (χ0n) is 10.9. The van der Waals surface area contributed by atoms with Crippen LogP contribution < -0.4 is 11.1 Å². The van der Waals surface area contributed by atoms with E-state index in [-0.39, 0.29) is 0 Å². The summed E-state index contributed by atoms with van der Waals surface area (Å²) in [5.41, 5.74) is 4.56. The van der Waals surface area contributed by atoms with Gasteiger partial charge < -0.3 is 16.2 Å². The van der Waals surface area contributed by atoms with Gasteiger partial charge in [0.15, 0.2) is 0 Å². The molecule has 1 aromatic carbocycles. The molecule has 0 aliphatic heterocycles. The van der Waals surface area contributed by atoms with Crippen LogP contribution in [-0.4, -0.2) is 28.4 Å². The van der Waals surface area contributed by atoms with Crippen LogP contribution in [-0.2, 0) is 4.79 Å². The molecule has 1 aliphatic rings. The normalized spacial score (nSPS) is 16.6. The summed E-state index contributed by atoms with van der Waals surface area (Å²) >= 11 is 0. The fourth-order valence-corrected chi connectivity index (χ4v) is 2.45. The Morgan fingerprint density at radius 2 is 1.55 bits per heavy atom. The summed E-state index contributed by atoms with van der Waals surface area (Å²) in [7, 11) is 0. The number of carboxylic acid groups (broad SMARTS) is 1. The lowest BCUT2D eigenvalue weighted by atomic mass is 9.97. The molecule has 0 atom stereocenters. The van der Waals surface area contributed by atoms with Gasteiger partial charge in [0, 0.05) is 11.1 Å². The summed E-state index contributed by atoms with van der Waals surface area (Å²) in [6, 6.07) is 5.80. The highest BCUT2D eigenvalue weighted by molar-refractivity contribution is 5.99. The van der Waals surface area contributed by atoms with Crippen LogP contribution in [0.15, 0.2) is 24.3 Å². The quantitative estimate of drug-likeness (QED) is 0.759. The predicted molar refractivity (Wildman–Crippen MR) is 71.3 cm³/mol. The number of aliphatic carboxylic acids is 1. The third-order valence-corrected chi connectivity index (χ3v) is 3.65. The first-order chi connectivity index (χ1) is 9.44. The molecule has 0 unspecified atom stereocenters. The minimum Gasteiger partial charge on any atom is -0.480 e. The maximum atomic E-state index is 12.1. The van der Waals surface area contributed by atoms with Crippen molar-refractivity contribution in [2.24, 2.45) is 5.73 Å². The van der Waals surface area contributed by atoms with Crippen molar-refractivity contribution in [3.63, 3.8) is 0 Å². The van der Waals surface area contributed by atoms with Crippen LogP contribution in [0, 0.1) is 0 Å². The smallest absolute Gasteiger partial charge is 0.329 e. The Morgan fingerprint density at radius 3 is 2.00 bits per heavy atom. The van der Waals surface area contributed by atoms with Crippen molar-refractivity contribution >= 4 is 17.8 Å². The number of carboxylic acids is 1. The highest BCUT2D eigenvalue weighted by Gasteiger charge is 2.42. The molecule has 0 aromatic heterocycles. The molecule has 1 fully saturated rings. The molecule has 1 aromatic rings. The van der Waals surface area contributed by atoms with E-state index in [2.05, 4.69) is 5.32 Å². The van der Waals surface area contributed by atoms with E-state index in [4.69, 9.17) is 5.73 Å². The molecular formula is C14H16N2O4. The van der Waals surface area contributed by atoms with E-state index in [0.29, 0.717) is 24.0 Å². The molecule has 2 rings (SSSR count). The average Bonchev–Trinajstić information content (AvgIpc) is 2.88. The van der Waals surface area contributed by atoms with E-state index in [9.17, 15) is 19.5 Å². The van der Waals surface area contributed by atoms with Crippen molar-refractivity contribution in [3.05, 3.63) is 35.4 Å². The van der Waals surface area contributed by atoms with Gasteiger partial charge in [0.1, 0.15) is 5.54 Å². The number of carbonyl (C=O) groups is 3. The molecule has 4 N–H and O–H groups in total.